The number of para-hydroxylation sites is 1. The summed E-state index contributed by atoms with van der Waals surface area (Å²) in [5, 5.41) is 10.5. The Kier molecular flexibility index (Phi) is 5.48. The van der Waals surface area contributed by atoms with Gasteiger partial charge in [-0.2, -0.15) is 5.10 Å². The third kappa shape index (κ3) is 4.25. The van der Waals surface area contributed by atoms with Crippen LogP contribution >= 0.6 is 15.9 Å². The Hall–Kier alpha value is -3.32. The number of hydrogen-bond donors (Lipinski definition) is 2. The first kappa shape index (κ1) is 19.0. The van der Waals surface area contributed by atoms with Crippen molar-refractivity contribution in [1.82, 2.24) is 19.7 Å². The monoisotopic (exact) mass is 449 g/mol. The zero-order chi connectivity index (χ0) is 20.2. The molecule has 0 saturated carbocycles. The maximum Gasteiger partial charge on any atom is 0.319 e. The fourth-order valence-electron chi connectivity index (χ4n) is 3.15. The Morgan fingerprint density at radius 3 is 2.52 bits per heavy atom. The van der Waals surface area contributed by atoms with Crippen molar-refractivity contribution < 1.29 is 4.79 Å². The van der Waals surface area contributed by atoms with Crippen LogP contribution in [0.2, 0.25) is 0 Å². The maximum atomic E-state index is 12.4. The van der Waals surface area contributed by atoms with Crippen molar-refractivity contribution in [3.63, 3.8) is 0 Å². The molecule has 7 heteroatoms. The molecule has 0 bridgehead atoms. The lowest BCUT2D eigenvalue weighted by Crippen LogP contribution is -2.28. The fourth-order valence-corrected chi connectivity index (χ4v) is 3.55. The number of anilines is 1. The largest absolute Gasteiger partial charge is 0.334 e. The zero-order valence-electron chi connectivity index (χ0n) is 15.8. The van der Waals surface area contributed by atoms with Crippen LogP contribution in [0.5, 0.6) is 0 Å². The number of halogens is 1. The second-order valence-corrected chi connectivity index (χ2v) is 7.46. The van der Waals surface area contributed by atoms with E-state index in [1.165, 1.54) is 0 Å². The van der Waals surface area contributed by atoms with E-state index in [-0.39, 0.29) is 6.03 Å². The Bertz CT molecular complexity index is 1120. The maximum absolute atomic E-state index is 12.4. The molecule has 0 aliphatic rings. The minimum atomic E-state index is -0.270. The molecular weight excluding hydrogens is 430 g/mol. The van der Waals surface area contributed by atoms with Gasteiger partial charge in [0.15, 0.2) is 0 Å². The van der Waals surface area contributed by atoms with Gasteiger partial charge in [-0.1, -0.05) is 40.2 Å². The average molecular weight is 450 g/mol. The molecule has 0 saturated heterocycles. The van der Waals surface area contributed by atoms with E-state index in [0.717, 1.165) is 32.9 Å². The van der Waals surface area contributed by atoms with Gasteiger partial charge in [0, 0.05) is 28.1 Å². The molecule has 2 amide bonds. The van der Waals surface area contributed by atoms with Crippen LogP contribution in [0, 0.1) is 6.92 Å². The highest BCUT2D eigenvalue weighted by Crippen LogP contribution is 2.23. The lowest BCUT2D eigenvalue weighted by Gasteiger charge is -2.12. The molecule has 0 spiro atoms. The van der Waals surface area contributed by atoms with Crippen molar-refractivity contribution in [2.75, 3.05) is 5.32 Å². The molecule has 0 fully saturated rings. The highest BCUT2D eigenvalue weighted by Gasteiger charge is 2.18. The highest BCUT2D eigenvalue weighted by molar-refractivity contribution is 9.10. The first-order valence-electron chi connectivity index (χ1n) is 9.19. The predicted molar refractivity (Wildman–Crippen MR) is 118 cm³/mol. The number of urea groups is 1. The lowest BCUT2D eigenvalue weighted by atomic mass is 10.2. The molecule has 6 nitrogen and oxygen atoms in total. The standard InChI is InChI=1S/C22H20BrN5O/c1-16-20(15-24-22(29)25-18-9-7-8-17(23)14-18)21(27-12-5-6-13-27)28(26-16)19-10-3-2-4-11-19/h2-14H,15H2,1H3,(H2,24,25,29). The van der Waals surface area contributed by atoms with Crippen molar-refractivity contribution in [2.45, 2.75) is 13.5 Å². The predicted octanol–water partition coefficient (Wildman–Crippen LogP) is 5.06. The molecule has 0 aliphatic heterocycles. The molecule has 2 aromatic carbocycles. The molecule has 146 valence electrons. The summed E-state index contributed by atoms with van der Waals surface area (Å²) >= 11 is 3.41. The van der Waals surface area contributed by atoms with Gasteiger partial charge in [0.1, 0.15) is 5.82 Å². The molecule has 2 N–H and O–H groups in total. The van der Waals surface area contributed by atoms with E-state index < -0.39 is 0 Å². The summed E-state index contributed by atoms with van der Waals surface area (Å²) < 4.78 is 4.82. The minimum Gasteiger partial charge on any atom is -0.334 e. The van der Waals surface area contributed by atoms with Crippen LogP contribution in [0.25, 0.3) is 11.5 Å². The van der Waals surface area contributed by atoms with Gasteiger partial charge < -0.3 is 15.2 Å². The number of amides is 2. The SMILES string of the molecule is Cc1nn(-c2ccccc2)c(-n2cccc2)c1CNC(=O)Nc1cccc(Br)c1. The van der Waals surface area contributed by atoms with E-state index in [2.05, 4.69) is 26.6 Å². The number of carbonyl (C=O) groups is 1. The topological polar surface area (TPSA) is 63.9 Å². The van der Waals surface area contributed by atoms with Crippen molar-refractivity contribution >= 4 is 27.6 Å². The van der Waals surface area contributed by atoms with Gasteiger partial charge in [0.2, 0.25) is 0 Å². The number of aromatic nitrogens is 3. The van der Waals surface area contributed by atoms with Gasteiger partial charge in [-0.25, -0.2) is 9.48 Å². The lowest BCUT2D eigenvalue weighted by molar-refractivity contribution is 0.251. The van der Waals surface area contributed by atoms with E-state index in [1.807, 2.05) is 95.3 Å². The molecule has 4 rings (SSSR count). The number of carbonyl (C=O) groups excluding carboxylic acids is 1. The molecule has 0 aliphatic carbocycles. The highest BCUT2D eigenvalue weighted by atomic mass is 79.9. The van der Waals surface area contributed by atoms with Crippen LogP contribution in [0.3, 0.4) is 0 Å². The normalized spacial score (nSPS) is 10.7. The number of rotatable bonds is 5. The Morgan fingerprint density at radius 1 is 1.03 bits per heavy atom. The third-order valence-electron chi connectivity index (χ3n) is 4.52. The molecular formula is C22H20BrN5O. The van der Waals surface area contributed by atoms with Gasteiger partial charge >= 0.3 is 6.03 Å². The number of aryl methyl sites for hydroxylation is 1. The molecule has 29 heavy (non-hydrogen) atoms. The molecule has 0 radical (unpaired) electrons. The molecule has 2 aromatic heterocycles. The van der Waals surface area contributed by atoms with Crippen LogP contribution in [-0.2, 0) is 6.54 Å². The van der Waals surface area contributed by atoms with Crippen molar-refractivity contribution in [1.29, 1.82) is 0 Å². The van der Waals surface area contributed by atoms with Gasteiger partial charge in [-0.3, -0.25) is 0 Å². The van der Waals surface area contributed by atoms with Gasteiger partial charge in [-0.05, 0) is 49.4 Å². The van der Waals surface area contributed by atoms with Crippen molar-refractivity contribution in [3.8, 4) is 11.5 Å². The summed E-state index contributed by atoms with van der Waals surface area (Å²) in [6.45, 7) is 2.31. The molecule has 0 unspecified atom stereocenters. The molecule has 2 heterocycles. The van der Waals surface area contributed by atoms with E-state index in [4.69, 9.17) is 5.10 Å². The van der Waals surface area contributed by atoms with Gasteiger partial charge in [0.05, 0.1) is 17.9 Å². The summed E-state index contributed by atoms with van der Waals surface area (Å²) in [7, 11) is 0. The summed E-state index contributed by atoms with van der Waals surface area (Å²) in [5.41, 5.74) is 3.50. The van der Waals surface area contributed by atoms with E-state index >= 15 is 0 Å². The second kappa shape index (κ2) is 8.36. The molecule has 0 atom stereocenters. The number of nitrogens with zero attached hydrogens (tertiary/aromatic N) is 3. The number of hydrogen-bond acceptors (Lipinski definition) is 2. The smallest absolute Gasteiger partial charge is 0.319 e. The van der Waals surface area contributed by atoms with E-state index in [1.54, 1.807) is 0 Å². The van der Waals surface area contributed by atoms with Crippen molar-refractivity contribution in [3.05, 3.63) is 94.9 Å². The van der Waals surface area contributed by atoms with E-state index in [0.29, 0.717) is 6.54 Å². The van der Waals surface area contributed by atoms with Crippen molar-refractivity contribution in [2.24, 2.45) is 0 Å². The van der Waals surface area contributed by atoms with Crippen LogP contribution in [0.4, 0.5) is 10.5 Å². The average Bonchev–Trinajstić information content (AvgIpc) is 3.35. The van der Waals surface area contributed by atoms with Gasteiger partial charge in [-0.15, -0.1) is 0 Å². The second-order valence-electron chi connectivity index (χ2n) is 6.54. The van der Waals surface area contributed by atoms with Crippen LogP contribution in [-0.4, -0.2) is 20.4 Å². The third-order valence-corrected chi connectivity index (χ3v) is 5.01. The summed E-state index contributed by atoms with van der Waals surface area (Å²) in [4.78, 5) is 12.4. The number of benzene rings is 2. The van der Waals surface area contributed by atoms with Crippen LogP contribution in [0.1, 0.15) is 11.3 Å². The first-order chi connectivity index (χ1) is 14.1. The Balaban J connectivity index is 1.60. The Morgan fingerprint density at radius 2 is 1.79 bits per heavy atom. The van der Waals surface area contributed by atoms with Gasteiger partial charge in [0.25, 0.3) is 0 Å². The quantitative estimate of drug-likeness (QED) is 0.447. The molecule has 4 aromatic rings. The van der Waals surface area contributed by atoms with E-state index in [9.17, 15) is 4.79 Å². The summed E-state index contributed by atoms with van der Waals surface area (Å²) in [6, 6.07) is 21.1. The number of nitrogens with one attached hydrogen (secondary N) is 2. The Labute approximate surface area is 177 Å². The minimum absolute atomic E-state index is 0.270. The van der Waals surface area contributed by atoms with Crippen LogP contribution in [0.15, 0.2) is 83.6 Å². The fraction of sp³-hybridized carbons (Fsp3) is 0.0909. The van der Waals surface area contributed by atoms with Crippen LogP contribution < -0.4 is 10.6 Å². The first-order valence-corrected chi connectivity index (χ1v) is 9.99. The summed E-state index contributed by atoms with van der Waals surface area (Å²) in [5.74, 6) is 0.904. The zero-order valence-corrected chi connectivity index (χ0v) is 17.4. The summed E-state index contributed by atoms with van der Waals surface area (Å²) in [6.07, 6.45) is 3.95.